The summed E-state index contributed by atoms with van der Waals surface area (Å²) >= 11 is 1.64. The number of anilines is 1. The van der Waals surface area contributed by atoms with Crippen molar-refractivity contribution >= 4 is 23.4 Å². The highest BCUT2D eigenvalue weighted by atomic mass is 32.2. The highest BCUT2D eigenvalue weighted by Crippen LogP contribution is 2.46. The summed E-state index contributed by atoms with van der Waals surface area (Å²) in [6.45, 7) is 0. The van der Waals surface area contributed by atoms with Gasteiger partial charge in [-0.25, -0.2) is 0 Å². The van der Waals surface area contributed by atoms with Crippen molar-refractivity contribution in [2.24, 2.45) is 0 Å². The highest BCUT2D eigenvalue weighted by Gasteiger charge is 2.48. The number of hydrogen-bond acceptors (Lipinski definition) is 6. The van der Waals surface area contributed by atoms with E-state index in [1.807, 2.05) is 30.5 Å². The molecule has 2 unspecified atom stereocenters. The van der Waals surface area contributed by atoms with Crippen molar-refractivity contribution in [3.05, 3.63) is 42.0 Å². The van der Waals surface area contributed by atoms with E-state index in [9.17, 15) is 9.90 Å². The van der Waals surface area contributed by atoms with Gasteiger partial charge >= 0.3 is 0 Å². The summed E-state index contributed by atoms with van der Waals surface area (Å²) in [6, 6.07) is 10.8. The van der Waals surface area contributed by atoms with E-state index in [-0.39, 0.29) is 5.91 Å². The second-order valence-corrected chi connectivity index (χ2v) is 6.63. The van der Waals surface area contributed by atoms with Crippen LogP contribution < -0.4 is 19.1 Å². The van der Waals surface area contributed by atoms with Crippen LogP contribution in [0.5, 0.6) is 17.2 Å². The van der Waals surface area contributed by atoms with Gasteiger partial charge in [-0.15, -0.1) is 11.8 Å². The molecule has 0 aliphatic carbocycles. The summed E-state index contributed by atoms with van der Waals surface area (Å²) in [5.41, 5.74) is 1.44. The number of aliphatic hydroxyl groups is 1. The van der Waals surface area contributed by atoms with Crippen LogP contribution in [0.1, 0.15) is 11.6 Å². The Morgan fingerprint density at radius 1 is 1.00 bits per heavy atom. The standard InChI is InChI=1S/C19H21NO5S/c1-23-14-9-12(10-15(24-2)18(14)25-3)20-16(17(21)19(20)22)11-5-7-13(26-4)8-6-11/h5-10,16-17,21H,1-4H3. The molecule has 0 spiro atoms. The molecule has 2 aromatic carbocycles. The lowest BCUT2D eigenvalue weighted by molar-refractivity contribution is -0.137. The molecule has 1 fully saturated rings. The highest BCUT2D eigenvalue weighted by molar-refractivity contribution is 7.98. The molecule has 2 aromatic rings. The van der Waals surface area contributed by atoms with E-state index in [4.69, 9.17) is 14.2 Å². The second kappa shape index (κ2) is 7.47. The van der Waals surface area contributed by atoms with Gasteiger partial charge in [0.25, 0.3) is 5.91 Å². The Bertz CT molecular complexity index is 783. The molecular formula is C19H21NO5S. The van der Waals surface area contributed by atoms with Crippen molar-refractivity contribution in [3.8, 4) is 17.2 Å². The number of rotatable bonds is 6. The molecule has 0 aromatic heterocycles. The normalized spacial score (nSPS) is 19.1. The Kier molecular flexibility index (Phi) is 5.29. The average Bonchev–Trinajstić information content (AvgIpc) is 2.70. The molecule has 0 radical (unpaired) electrons. The Labute approximate surface area is 156 Å². The molecule has 1 aliphatic heterocycles. The minimum atomic E-state index is -1.07. The number of hydrogen-bond donors (Lipinski definition) is 1. The van der Waals surface area contributed by atoms with Gasteiger partial charge in [0, 0.05) is 17.0 Å². The lowest BCUT2D eigenvalue weighted by Gasteiger charge is -2.44. The molecular weight excluding hydrogens is 354 g/mol. The Hall–Kier alpha value is -2.38. The van der Waals surface area contributed by atoms with Gasteiger partial charge in [-0.2, -0.15) is 0 Å². The first-order chi connectivity index (χ1) is 12.5. The topological polar surface area (TPSA) is 68.2 Å². The van der Waals surface area contributed by atoms with E-state index in [0.717, 1.165) is 10.5 Å². The fourth-order valence-corrected chi connectivity index (χ4v) is 3.51. The summed E-state index contributed by atoms with van der Waals surface area (Å²) in [5.74, 6) is 0.992. The molecule has 0 saturated carbocycles. The van der Waals surface area contributed by atoms with Gasteiger partial charge in [-0.1, -0.05) is 12.1 Å². The van der Waals surface area contributed by atoms with Crippen molar-refractivity contribution in [2.45, 2.75) is 17.0 Å². The van der Waals surface area contributed by atoms with Crippen LogP contribution in [0.4, 0.5) is 5.69 Å². The molecule has 6 nitrogen and oxygen atoms in total. The maximum Gasteiger partial charge on any atom is 0.259 e. The van der Waals surface area contributed by atoms with Gasteiger partial charge in [-0.3, -0.25) is 9.69 Å². The molecule has 1 amide bonds. The fraction of sp³-hybridized carbons (Fsp3) is 0.316. The zero-order chi connectivity index (χ0) is 18.8. The van der Waals surface area contributed by atoms with Crippen LogP contribution in [0.3, 0.4) is 0 Å². The molecule has 26 heavy (non-hydrogen) atoms. The van der Waals surface area contributed by atoms with Crippen LogP contribution >= 0.6 is 11.8 Å². The summed E-state index contributed by atoms with van der Waals surface area (Å²) in [7, 11) is 4.56. The summed E-state index contributed by atoms with van der Waals surface area (Å²) in [5, 5.41) is 10.3. The Morgan fingerprint density at radius 2 is 1.58 bits per heavy atom. The number of benzene rings is 2. The second-order valence-electron chi connectivity index (χ2n) is 5.75. The summed E-state index contributed by atoms with van der Waals surface area (Å²) in [6.07, 6.45) is 0.924. The molecule has 3 rings (SSSR count). The molecule has 0 bridgehead atoms. The van der Waals surface area contributed by atoms with E-state index in [0.29, 0.717) is 22.9 Å². The number of ether oxygens (including phenoxy) is 3. The smallest absolute Gasteiger partial charge is 0.259 e. The SMILES string of the molecule is COc1cc(N2C(=O)C(O)C2c2ccc(SC)cc2)cc(OC)c1OC. The number of carbonyl (C=O) groups is 1. The number of β-lactam (4-membered cyclic amide) rings is 1. The van der Waals surface area contributed by atoms with E-state index in [2.05, 4.69) is 0 Å². The lowest BCUT2D eigenvalue weighted by Crippen LogP contribution is -2.59. The Morgan fingerprint density at radius 3 is 2.04 bits per heavy atom. The molecule has 2 atom stereocenters. The fourth-order valence-electron chi connectivity index (χ4n) is 3.10. The van der Waals surface area contributed by atoms with Crippen molar-refractivity contribution in [2.75, 3.05) is 32.5 Å². The van der Waals surface area contributed by atoms with Gasteiger partial charge in [0.1, 0.15) is 0 Å². The van der Waals surface area contributed by atoms with Gasteiger partial charge in [0.05, 0.1) is 33.1 Å². The van der Waals surface area contributed by atoms with Crippen molar-refractivity contribution < 1.29 is 24.1 Å². The van der Waals surface area contributed by atoms with E-state index in [1.54, 1.807) is 28.8 Å². The number of nitrogens with zero attached hydrogens (tertiary/aromatic N) is 1. The Balaban J connectivity index is 2.02. The van der Waals surface area contributed by atoms with Gasteiger partial charge in [0.2, 0.25) is 5.75 Å². The molecule has 138 valence electrons. The third-order valence-corrected chi connectivity index (χ3v) is 5.20. The van der Waals surface area contributed by atoms with E-state index in [1.165, 1.54) is 21.3 Å². The summed E-state index contributed by atoms with van der Waals surface area (Å²) < 4.78 is 16.1. The van der Waals surface area contributed by atoms with Gasteiger partial charge in [-0.05, 0) is 24.0 Å². The van der Waals surface area contributed by atoms with Crippen molar-refractivity contribution in [1.29, 1.82) is 0 Å². The third-order valence-electron chi connectivity index (χ3n) is 4.45. The van der Waals surface area contributed by atoms with Crippen LogP contribution in [-0.2, 0) is 4.79 Å². The van der Waals surface area contributed by atoms with Gasteiger partial charge < -0.3 is 19.3 Å². The van der Waals surface area contributed by atoms with Crippen LogP contribution in [0, 0.1) is 0 Å². The number of aliphatic hydroxyl groups excluding tert-OH is 1. The first kappa shape index (κ1) is 18.4. The first-order valence-electron chi connectivity index (χ1n) is 8.00. The van der Waals surface area contributed by atoms with Crippen LogP contribution in [0.2, 0.25) is 0 Å². The first-order valence-corrected chi connectivity index (χ1v) is 9.23. The number of amides is 1. The van der Waals surface area contributed by atoms with E-state index >= 15 is 0 Å². The predicted molar refractivity (Wildman–Crippen MR) is 101 cm³/mol. The van der Waals surface area contributed by atoms with E-state index < -0.39 is 12.1 Å². The number of methoxy groups -OCH3 is 3. The van der Waals surface area contributed by atoms with Crippen LogP contribution in [-0.4, -0.2) is 44.7 Å². The molecule has 1 aliphatic rings. The molecule has 1 heterocycles. The quantitative estimate of drug-likeness (QED) is 0.619. The lowest BCUT2D eigenvalue weighted by atomic mass is 9.90. The molecule has 1 saturated heterocycles. The zero-order valence-electron chi connectivity index (χ0n) is 15.1. The molecule has 1 N–H and O–H groups in total. The van der Waals surface area contributed by atoms with Gasteiger partial charge in [0.15, 0.2) is 17.6 Å². The largest absolute Gasteiger partial charge is 0.493 e. The molecule has 7 heteroatoms. The predicted octanol–water partition coefficient (Wildman–Crippen LogP) is 2.88. The summed E-state index contributed by atoms with van der Waals surface area (Å²) in [4.78, 5) is 15.0. The minimum absolute atomic E-state index is 0.363. The van der Waals surface area contributed by atoms with Crippen LogP contribution in [0.25, 0.3) is 0 Å². The maximum atomic E-state index is 12.4. The monoisotopic (exact) mass is 375 g/mol. The van der Waals surface area contributed by atoms with Crippen molar-refractivity contribution in [3.63, 3.8) is 0 Å². The number of thioether (sulfide) groups is 1. The maximum absolute atomic E-state index is 12.4. The zero-order valence-corrected chi connectivity index (χ0v) is 15.9. The average molecular weight is 375 g/mol. The third kappa shape index (κ3) is 2.97. The van der Waals surface area contributed by atoms with Crippen molar-refractivity contribution in [1.82, 2.24) is 0 Å². The van der Waals surface area contributed by atoms with Crippen LogP contribution in [0.15, 0.2) is 41.3 Å². The minimum Gasteiger partial charge on any atom is -0.493 e. The number of carbonyl (C=O) groups excluding carboxylic acids is 1.